The van der Waals surface area contributed by atoms with E-state index in [1.165, 1.54) is 12.1 Å². The van der Waals surface area contributed by atoms with Crippen molar-refractivity contribution in [2.75, 3.05) is 18.5 Å². The second-order valence-corrected chi connectivity index (χ2v) is 11.9. The molecular weight excluding hydrogens is 505 g/mol. The summed E-state index contributed by atoms with van der Waals surface area (Å²) in [5.74, 6) is -0.717. The Bertz CT molecular complexity index is 1530. The van der Waals surface area contributed by atoms with Crippen LogP contribution in [0.25, 0.3) is 10.9 Å². The maximum Gasteiger partial charge on any atom is 0.268 e. The zero-order valence-electron chi connectivity index (χ0n) is 23.5. The molecule has 0 radical (unpaired) electrons. The molecule has 2 amide bonds. The van der Waals surface area contributed by atoms with Crippen LogP contribution in [0, 0.1) is 5.82 Å². The highest BCUT2D eigenvalue weighted by molar-refractivity contribution is 6.06. The van der Waals surface area contributed by atoms with Gasteiger partial charge in [-0.05, 0) is 84.8 Å². The lowest BCUT2D eigenvalue weighted by Gasteiger charge is -2.23. The quantitative estimate of drug-likeness (QED) is 0.274. The molecule has 2 N–H and O–H groups in total. The highest BCUT2D eigenvalue weighted by Gasteiger charge is 2.30. The third kappa shape index (κ3) is 6.10. The van der Waals surface area contributed by atoms with Crippen LogP contribution in [0.15, 0.2) is 72.8 Å². The first-order valence-corrected chi connectivity index (χ1v) is 13.7. The Morgan fingerprint density at radius 3 is 2.35 bits per heavy atom. The van der Waals surface area contributed by atoms with Crippen molar-refractivity contribution in [1.29, 1.82) is 0 Å². The second kappa shape index (κ2) is 10.9. The number of nitrogens with zero attached hydrogens (tertiary/aromatic N) is 1. The Kier molecular flexibility index (Phi) is 7.51. The molecule has 1 aliphatic heterocycles. The molecular formula is C33H36FN3O3. The van der Waals surface area contributed by atoms with Crippen molar-refractivity contribution in [2.24, 2.45) is 0 Å². The number of rotatable bonds is 7. The van der Waals surface area contributed by atoms with E-state index in [-0.39, 0.29) is 28.6 Å². The average molecular weight is 542 g/mol. The average Bonchev–Trinajstić information content (AvgIpc) is 3.52. The Morgan fingerprint density at radius 1 is 0.975 bits per heavy atom. The molecule has 5 rings (SSSR count). The van der Waals surface area contributed by atoms with E-state index < -0.39 is 0 Å². The lowest BCUT2D eigenvalue weighted by Crippen LogP contribution is -2.40. The highest BCUT2D eigenvalue weighted by atomic mass is 19.1. The monoisotopic (exact) mass is 541 g/mol. The summed E-state index contributed by atoms with van der Waals surface area (Å²) in [6, 6.07) is 21.3. The molecule has 0 bridgehead atoms. The van der Waals surface area contributed by atoms with Gasteiger partial charge in [0, 0.05) is 41.9 Å². The lowest BCUT2D eigenvalue weighted by atomic mass is 9.87. The number of anilines is 1. The van der Waals surface area contributed by atoms with Crippen LogP contribution >= 0.6 is 0 Å². The lowest BCUT2D eigenvalue weighted by molar-refractivity contribution is 0.0205. The van der Waals surface area contributed by atoms with Crippen molar-refractivity contribution in [3.8, 4) is 0 Å². The normalized spacial score (nSPS) is 17.2. The largest absolute Gasteiger partial charge is 0.373 e. The van der Waals surface area contributed by atoms with Crippen molar-refractivity contribution in [2.45, 2.75) is 58.1 Å². The van der Waals surface area contributed by atoms with E-state index in [1.54, 1.807) is 12.1 Å². The van der Waals surface area contributed by atoms with Crippen LogP contribution in [0.3, 0.4) is 0 Å². The second-order valence-electron chi connectivity index (χ2n) is 11.9. The summed E-state index contributed by atoms with van der Waals surface area (Å²) < 4.78 is 21.3. The van der Waals surface area contributed by atoms with Gasteiger partial charge in [0.1, 0.15) is 11.5 Å². The molecule has 0 spiro atoms. The Balaban J connectivity index is 1.41. The summed E-state index contributed by atoms with van der Waals surface area (Å²) in [6.45, 7) is 9.93. The van der Waals surface area contributed by atoms with E-state index in [2.05, 4.69) is 31.4 Å². The Hall–Kier alpha value is -3.97. The number of halogens is 1. The summed E-state index contributed by atoms with van der Waals surface area (Å²) in [7, 11) is 0. The van der Waals surface area contributed by atoms with Gasteiger partial charge in [0.2, 0.25) is 0 Å². The molecule has 1 atom stereocenters. The zero-order valence-corrected chi connectivity index (χ0v) is 23.5. The molecule has 0 aliphatic carbocycles. The van der Waals surface area contributed by atoms with Crippen LogP contribution in [-0.2, 0) is 16.7 Å². The maximum absolute atomic E-state index is 13.5. The fourth-order valence-corrected chi connectivity index (χ4v) is 5.14. The van der Waals surface area contributed by atoms with Gasteiger partial charge in [-0.1, -0.05) is 45.0 Å². The van der Waals surface area contributed by atoms with Crippen LogP contribution in [0.5, 0.6) is 0 Å². The van der Waals surface area contributed by atoms with E-state index in [0.717, 1.165) is 34.9 Å². The van der Waals surface area contributed by atoms with Gasteiger partial charge in [0.05, 0.1) is 5.60 Å². The van der Waals surface area contributed by atoms with Crippen LogP contribution in [0.1, 0.15) is 72.5 Å². The predicted molar refractivity (Wildman–Crippen MR) is 156 cm³/mol. The number of carbonyl (C=O) groups is 2. The highest BCUT2D eigenvalue weighted by Crippen LogP contribution is 2.28. The molecule has 208 valence electrons. The third-order valence-electron chi connectivity index (χ3n) is 7.58. The summed E-state index contributed by atoms with van der Waals surface area (Å²) in [4.78, 5) is 26.4. The zero-order chi connectivity index (χ0) is 28.5. The van der Waals surface area contributed by atoms with Gasteiger partial charge in [-0.15, -0.1) is 0 Å². The SMILES string of the molecule is CC(C)(C)c1ccc(C(=O)Nc2ccc3c(c2)cc(C(=O)NC[C@]2(C)CCCO2)n3Cc2ccc(F)cc2)cc1. The van der Waals surface area contributed by atoms with Crippen LogP contribution in [0.2, 0.25) is 0 Å². The Morgan fingerprint density at radius 2 is 1.70 bits per heavy atom. The van der Waals surface area contributed by atoms with Crippen molar-refractivity contribution < 1.29 is 18.7 Å². The fraction of sp³-hybridized carbons (Fsp3) is 0.333. The molecule has 1 fully saturated rings. The van der Waals surface area contributed by atoms with Gasteiger partial charge in [-0.3, -0.25) is 9.59 Å². The first-order valence-electron chi connectivity index (χ1n) is 13.7. The summed E-state index contributed by atoms with van der Waals surface area (Å²) in [5.41, 5.74) is 4.20. The number of amides is 2. The number of carbonyl (C=O) groups excluding carboxylic acids is 2. The van der Waals surface area contributed by atoms with Crippen molar-refractivity contribution >= 4 is 28.4 Å². The fourth-order valence-electron chi connectivity index (χ4n) is 5.14. The molecule has 1 aliphatic rings. The minimum Gasteiger partial charge on any atom is -0.373 e. The third-order valence-corrected chi connectivity index (χ3v) is 7.58. The van der Waals surface area contributed by atoms with Gasteiger partial charge >= 0.3 is 0 Å². The van der Waals surface area contributed by atoms with E-state index >= 15 is 0 Å². The maximum atomic E-state index is 13.5. The van der Waals surface area contributed by atoms with Gasteiger partial charge in [0.15, 0.2) is 0 Å². The van der Waals surface area contributed by atoms with Crippen LogP contribution in [-0.4, -0.2) is 35.1 Å². The molecule has 1 aromatic heterocycles. The number of hydrogen-bond donors (Lipinski definition) is 2. The molecule has 6 nitrogen and oxygen atoms in total. The molecule has 3 aromatic carbocycles. The van der Waals surface area contributed by atoms with Crippen LogP contribution in [0.4, 0.5) is 10.1 Å². The molecule has 2 heterocycles. The summed E-state index contributed by atoms with van der Waals surface area (Å²) in [6.07, 6.45) is 1.88. The molecule has 1 saturated heterocycles. The standard InChI is InChI=1S/C33H36FN3O3/c1-32(2,3)25-10-8-23(9-11-25)30(38)36-27-14-15-28-24(18-27)19-29(31(39)35-21-33(4)16-5-17-40-33)37(28)20-22-6-12-26(34)13-7-22/h6-15,18-19H,5,16-17,20-21H2,1-4H3,(H,35,39)(H,36,38)/t33-/m0/s1. The van der Waals surface area contributed by atoms with Crippen molar-refractivity contribution in [3.63, 3.8) is 0 Å². The number of hydrogen-bond acceptors (Lipinski definition) is 3. The van der Waals surface area contributed by atoms with Gasteiger partial charge in [0.25, 0.3) is 11.8 Å². The molecule has 4 aromatic rings. The topological polar surface area (TPSA) is 72.4 Å². The number of nitrogens with one attached hydrogen (secondary N) is 2. The van der Waals surface area contributed by atoms with E-state index in [1.807, 2.05) is 60.0 Å². The van der Waals surface area contributed by atoms with Gasteiger partial charge < -0.3 is 19.9 Å². The smallest absolute Gasteiger partial charge is 0.268 e. The van der Waals surface area contributed by atoms with Crippen molar-refractivity contribution in [1.82, 2.24) is 9.88 Å². The number of benzene rings is 3. The number of fused-ring (bicyclic) bond motifs is 1. The first-order chi connectivity index (χ1) is 19.0. The summed E-state index contributed by atoms with van der Waals surface area (Å²) in [5, 5.41) is 6.85. The summed E-state index contributed by atoms with van der Waals surface area (Å²) >= 11 is 0. The van der Waals surface area contributed by atoms with E-state index in [9.17, 15) is 14.0 Å². The van der Waals surface area contributed by atoms with Gasteiger partial charge in [-0.2, -0.15) is 0 Å². The number of ether oxygens (including phenoxy) is 1. The van der Waals surface area contributed by atoms with Gasteiger partial charge in [-0.25, -0.2) is 4.39 Å². The Labute approximate surface area is 234 Å². The van der Waals surface area contributed by atoms with E-state index in [4.69, 9.17) is 4.74 Å². The molecule has 0 saturated carbocycles. The minimum absolute atomic E-state index is 0.00689. The van der Waals surface area contributed by atoms with Crippen molar-refractivity contribution in [3.05, 3.63) is 101 Å². The molecule has 0 unspecified atom stereocenters. The molecule has 7 heteroatoms. The molecule has 40 heavy (non-hydrogen) atoms. The van der Waals surface area contributed by atoms with E-state index in [0.29, 0.717) is 36.6 Å². The minimum atomic E-state index is -0.369. The number of aromatic nitrogens is 1. The predicted octanol–water partition coefficient (Wildman–Crippen LogP) is 6.68. The van der Waals surface area contributed by atoms with Crippen LogP contribution < -0.4 is 10.6 Å². The first kappa shape index (κ1) is 27.6.